The quantitative estimate of drug-likeness (QED) is 0.570. The predicted molar refractivity (Wildman–Crippen MR) is 65.5 cm³/mol. The maximum atomic E-state index is 13.5. The van der Waals surface area contributed by atoms with Crippen LogP contribution in [0.2, 0.25) is 0 Å². The van der Waals surface area contributed by atoms with E-state index in [1.807, 2.05) is 6.92 Å². The van der Waals surface area contributed by atoms with Gasteiger partial charge in [-0.15, -0.1) is 0 Å². The first kappa shape index (κ1) is 15.2. The summed E-state index contributed by atoms with van der Waals surface area (Å²) in [5.74, 6) is -2.05. The minimum absolute atomic E-state index is 0. The number of carboxylic acids is 1. The molecule has 1 aliphatic heterocycles. The number of aromatic nitrogens is 1. The van der Waals surface area contributed by atoms with Gasteiger partial charge in [-0.3, -0.25) is 4.79 Å². The van der Waals surface area contributed by atoms with Gasteiger partial charge in [0.15, 0.2) is 5.43 Å². The number of carboxylic acid groups (broad SMARTS) is 1. The van der Waals surface area contributed by atoms with Crippen molar-refractivity contribution in [1.29, 1.82) is 0 Å². The van der Waals surface area contributed by atoms with E-state index in [0.717, 1.165) is 18.1 Å². The van der Waals surface area contributed by atoms with Gasteiger partial charge in [0.1, 0.15) is 5.82 Å². The number of halogens is 1. The van der Waals surface area contributed by atoms with Crippen LogP contribution in [0.15, 0.2) is 23.1 Å². The summed E-state index contributed by atoms with van der Waals surface area (Å²) in [5, 5.41) is 11.1. The van der Waals surface area contributed by atoms with Crippen molar-refractivity contribution in [2.45, 2.75) is 25.8 Å². The van der Waals surface area contributed by atoms with Gasteiger partial charge >= 0.3 is 29.6 Å². The molecule has 1 aromatic heterocycles. The van der Waals surface area contributed by atoms with Crippen molar-refractivity contribution in [2.75, 3.05) is 0 Å². The molecule has 2 aromatic rings. The second-order valence-electron chi connectivity index (χ2n) is 4.92. The molecule has 0 saturated carbocycles. The van der Waals surface area contributed by atoms with Crippen molar-refractivity contribution in [2.24, 2.45) is 0 Å². The summed E-state index contributed by atoms with van der Waals surface area (Å²) < 4.78 is 15.3. The molecule has 0 fully saturated rings. The number of aryl methyl sites for hydroxylation is 1. The Balaban J connectivity index is 0.00000147. The average molecular weight is 283 g/mol. The van der Waals surface area contributed by atoms with E-state index in [1.54, 1.807) is 4.57 Å². The number of hydrogen-bond acceptors (Lipinski definition) is 3. The Kier molecular flexibility index (Phi) is 4.04. The minimum Gasteiger partial charge on any atom is -0.545 e. The smallest absolute Gasteiger partial charge is 0.545 e. The zero-order valence-corrected chi connectivity index (χ0v) is 13.3. The summed E-state index contributed by atoms with van der Waals surface area (Å²) in [6.07, 6.45) is 2.77. The van der Waals surface area contributed by atoms with Crippen molar-refractivity contribution in [3.63, 3.8) is 0 Å². The molecule has 0 aliphatic carbocycles. The van der Waals surface area contributed by atoms with E-state index in [-0.39, 0.29) is 41.0 Å². The molecule has 2 heterocycles. The van der Waals surface area contributed by atoms with Gasteiger partial charge in [0.05, 0.1) is 17.0 Å². The first-order valence-corrected chi connectivity index (χ1v) is 6.07. The third-order valence-corrected chi connectivity index (χ3v) is 3.70. The van der Waals surface area contributed by atoms with Crippen LogP contribution in [0, 0.1) is 5.82 Å². The Hall–Kier alpha value is -1.17. The molecule has 0 bridgehead atoms. The van der Waals surface area contributed by atoms with Gasteiger partial charge in [0.25, 0.3) is 0 Å². The van der Waals surface area contributed by atoms with Crippen LogP contribution in [0.5, 0.6) is 0 Å². The SMILES string of the molecule is CC1CCc2cc(F)cc3c(=O)c(C(=O)[O-])cn1c23.[Na+]. The molecule has 4 nitrogen and oxygen atoms in total. The van der Waals surface area contributed by atoms with Gasteiger partial charge < -0.3 is 14.5 Å². The Morgan fingerprint density at radius 1 is 1.45 bits per heavy atom. The number of benzene rings is 1. The molecule has 0 radical (unpaired) electrons. The fraction of sp³-hybridized carbons (Fsp3) is 0.286. The second kappa shape index (κ2) is 5.31. The Bertz CT molecular complexity index is 769. The van der Waals surface area contributed by atoms with Gasteiger partial charge in [-0.1, -0.05) is 0 Å². The van der Waals surface area contributed by atoms with Crippen LogP contribution in [-0.4, -0.2) is 10.5 Å². The van der Waals surface area contributed by atoms with E-state index in [2.05, 4.69) is 0 Å². The van der Waals surface area contributed by atoms with E-state index in [4.69, 9.17) is 0 Å². The molecule has 0 spiro atoms. The molecule has 0 saturated heterocycles. The Labute approximate surface area is 136 Å². The summed E-state index contributed by atoms with van der Waals surface area (Å²) in [6.45, 7) is 1.94. The molecule has 20 heavy (non-hydrogen) atoms. The van der Waals surface area contributed by atoms with Crippen molar-refractivity contribution in [3.05, 3.63) is 45.5 Å². The molecule has 1 aromatic carbocycles. The largest absolute Gasteiger partial charge is 1.00 e. The predicted octanol–water partition coefficient (Wildman–Crippen LogP) is -1.98. The minimum atomic E-state index is -1.53. The number of pyridine rings is 1. The summed E-state index contributed by atoms with van der Waals surface area (Å²) in [7, 11) is 0. The standard InChI is InChI=1S/C14H12FNO3.Na/c1-7-2-3-8-4-9(15)5-10-12(8)16(7)6-11(13(10)17)14(18)19;/h4-7H,2-3H2,1H3,(H,18,19);/q;+1/p-1. The Morgan fingerprint density at radius 2 is 2.15 bits per heavy atom. The molecule has 3 rings (SSSR count). The Morgan fingerprint density at radius 3 is 2.80 bits per heavy atom. The van der Waals surface area contributed by atoms with Crippen LogP contribution in [0.1, 0.15) is 35.3 Å². The summed E-state index contributed by atoms with van der Waals surface area (Å²) in [4.78, 5) is 23.1. The molecule has 1 aliphatic rings. The van der Waals surface area contributed by atoms with Crippen LogP contribution in [-0.2, 0) is 6.42 Å². The number of nitrogens with zero attached hydrogens (tertiary/aromatic N) is 1. The molecule has 6 heteroatoms. The van der Waals surface area contributed by atoms with Crippen LogP contribution in [0.25, 0.3) is 10.9 Å². The molecule has 0 amide bonds. The topological polar surface area (TPSA) is 62.1 Å². The average Bonchev–Trinajstić information content (AvgIpc) is 2.35. The third-order valence-electron chi connectivity index (χ3n) is 3.70. The first-order chi connectivity index (χ1) is 8.99. The van der Waals surface area contributed by atoms with E-state index < -0.39 is 22.8 Å². The van der Waals surface area contributed by atoms with Gasteiger partial charge in [0.2, 0.25) is 0 Å². The van der Waals surface area contributed by atoms with Crippen molar-refractivity contribution >= 4 is 16.9 Å². The van der Waals surface area contributed by atoms with Crippen molar-refractivity contribution < 1.29 is 43.8 Å². The number of aromatic carboxylic acids is 1. The molecule has 1 unspecified atom stereocenters. The van der Waals surface area contributed by atoms with E-state index in [9.17, 15) is 19.1 Å². The number of carbonyl (C=O) groups is 1. The number of carbonyl (C=O) groups excluding carboxylic acids is 1. The van der Waals surface area contributed by atoms with Crippen LogP contribution in [0.4, 0.5) is 4.39 Å². The normalized spacial score (nSPS) is 16.8. The van der Waals surface area contributed by atoms with Crippen LogP contribution < -0.4 is 40.1 Å². The van der Waals surface area contributed by atoms with Crippen LogP contribution >= 0.6 is 0 Å². The summed E-state index contributed by atoms with van der Waals surface area (Å²) in [6, 6.07) is 2.57. The van der Waals surface area contributed by atoms with Crippen LogP contribution in [0.3, 0.4) is 0 Å². The maximum absolute atomic E-state index is 13.5. The maximum Gasteiger partial charge on any atom is 1.00 e. The van der Waals surface area contributed by atoms with Gasteiger partial charge in [-0.25, -0.2) is 4.39 Å². The summed E-state index contributed by atoms with van der Waals surface area (Å²) in [5.41, 5.74) is 0.282. The molecule has 98 valence electrons. The summed E-state index contributed by atoms with van der Waals surface area (Å²) >= 11 is 0. The molecule has 0 N–H and O–H groups in total. The zero-order chi connectivity index (χ0) is 13.7. The molecular formula is C14H11FNNaO3. The second-order valence-corrected chi connectivity index (χ2v) is 4.92. The fourth-order valence-corrected chi connectivity index (χ4v) is 2.73. The van der Waals surface area contributed by atoms with Gasteiger partial charge in [-0.2, -0.15) is 0 Å². The van der Waals surface area contributed by atoms with E-state index >= 15 is 0 Å². The fourth-order valence-electron chi connectivity index (χ4n) is 2.73. The molecular weight excluding hydrogens is 272 g/mol. The third kappa shape index (κ3) is 2.20. The zero-order valence-electron chi connectivity index (χ0n) is 11.3. The monoisotopic (exact) mass is 283 g/mol. The van der Waals surface area contributed by atoms with E-state index in [0.29, 0.717) is 11.9 Å². The van der Waals surface area contributed by atoms with Gasteiger partial charge in [0, 0.05) is 17.6 Å². The number of hydrogen-bond donors (Lipinski definition) is 0. The van der Waals surface area contributed by atoms with Gasteiger partial charge in [-0.05, 0) is 37.5 Å². The van der Waals surface area contributed by atoms with E-state index in [1.165, 1.54) is 12.3 Å². The number of rotatable bonds is 1. The van der Waals surface area contributed by atoms with Crippen molar-refractivity contribution in [1.82, 2.24) is 4.57 Å². The first-order valence-electron chi connectivity index (χ1n) is 6.07. The molecule has 1 atom stereocenters. The van der Waals surface area contributed by atoms with Crippen molar-refractivity contribution in [3.8, 4) is 0 Å².